The quantitative estimate of drug-likeness (QED) is 0.189. The summed E-state index contributed by atoms with van der Waals surface area (Å²) in [5, 5.41) is 11.3. The number of hydrogen-bond acceptors (Lipinski definition) is 8. The van der Waals surface area contributed by atoms with Crippen molar-refractivity contribution in [2.45, 2.75) is 13.0 Å². The molecule has 36 heavy (non-hydrogen) atoms. The zero-order valence-electron chi connectivity index (χ0n) is 19.4. The molecule has 1 fully saturated rings. The van der Waals surface area contributed by atoms with Crippen LogP contribution in [0, 0.1) is 0 Å². The third-order valence-electron chi connectivity index (χ3n) is 5.88. The minimum Gasteiger partial charge on any atom is -0.507 e. The van der Waals surface area contributed by atoms with E-state index in [-0.39, 0.29) is 29.4 Å². The van der Waals surface area contributed by atoms with Gasteiger partial charge in [0.05, 0.1) is 18.7 Å². The van der Waals surface area contributed by atoms with E-state index in [1.807, 2.05) is 0 Å². The molecule has 2 heterocycles. The highest BCUT2D eigenvalue weighted by Gasteiger charge is 2.47. The van der Waals surface area contributed by atoms with Crippen LogP contribution in [-0.2, 0) is 14.4 Å². The van der Waals surface area contributed by atoms with Crippen LogP contribution in [0.1, 0.15) is 24.1 Å². The summed E-state index contributed by atoms with van der Waals surface area (Å²) in [7, 11) is 1.52. The van der Waals surface area contributed by atoms with E-state index in [1.165, 1.54) is 18.9 Å². The van der Waals surface area contributed by atoms with Crippen LogP contribution in [0.3, 0.4) is 0 Å². The van der Waals surface area contributed by atoms with Gasteiger partial charge in [0.25, 0.3) is 11.7 Å². The summed E-state index contributed by atoms with van der Waals surface area (Å²) in [5.74, 6) is -0.823. The van der Waals surface area contributed by atoms with Crippen molar-refractivity contribution in [3.63, 3.8) is 0 Å². The first-order valence-electron chi connectivity index (χ1n) is 11.0. The number of hydrogen-bond donors (Lipinski definition) is 1. The van der Waals surface area contributed by atoms with Crippen LogP contribution in [-0.4, -0.2) is 36.7 Å². The SMILES string of the molecule is COc1ccc(N2C(=O)C(=O)/C(=C(\O)c3ccc4c(c3)OCO4)C2c2cccc(OC(C)=O)c2)cc1. The monoisotopic (exact) mass is 487 g/mol. The molecule has 1 atom stereocenters. The summed E-state index contributed by atoms with van der Waals surface area (Å²) in [4.78, 5) is 39.5. The number of benzene rings is 3. The molecule has 0 bridgehead atoms. The standard InChI is InChI=1S/C27H21NO8/c1-15(29)36-20-5-3-4-16(12-20)24-23(25(30)17-6-11-21-22(13-17)35-14-34-21)26(31)27(32)28(24)18-7-9-19(33-2)10-8-18/h3-13,24,30H,14H2,1-2H3/b25-23-. The topological polar surface area (TPSA) is 112 Å². The van der Waals surface area contributed by atoms with Crippen molar-refractivity contribution in [3.05, 3.63) is 83.4 Å². The van der Waals surface area contributed by atoms with Crippen molar-refractivity contribution in [2.75, 3.05) is 18.8 Å². The second kappa shape index (κ2) is 9.10. The molecule has 3 aromatic carbocycles. The fraction of sp³-hybridized carbons (Fsp3) is 0.148. The first-order valence-corrected chi connectivity index (χ1v) is 11.0. The highest BCUT2D eigenvalue weighted by atomic mass is 16.7. The van der Waals surface area contributed by atoms with Crippen LogP contribution in [0.15, 0.2) is 72.3 Å². The lowest BCUT2D eigenvalue weighted by molar-refractivity contribution is -0.132. The van der Waals surface area contributed by atoms with Gasteiger partial charge in [0.15, 0.2) is 11.5 Å². The van der Waals surface area contributed by atoms with Crippen LogP contribution in [0.25, 0.3) is 5.76 Å². The maximum atomic E-state index is 13.3. The minimum atomic E-state index is -1.00. The third kappa shape index (κ3) is 4.00. The van der Waals surface area contributed by atoms with E-state index in [4.69, 9.17) is 18.9 Å². The first kappa shape index (κ1) is 23.0. The van der Waals surface area contributed by atoms with Gasteiger partial charge in [-0.15, -0.1) is 0 Å². The Bertz CT molecular complexity index is 1410. The number of methoxy groups -OCH3 is 1. The Kier molecular flexibility index (Phi) is 5.81. The summed E-state index contributed by atoms with van der Waals surface area (Å²) in [6.07, 6.45) is 0. The molecule has 0 spiro atoms. The Labute approximate surface area is 206 Å². The van der Waals surface area contributed by atoms with Gasteiger partial charge in [-0.05, 0) is 60.2 Å². The van der Waals surface area contributed by atoms with Gasteiger partial charge in [-0.2, -0.15) is 0 Å². The molecule has 1 amide bonds. The fourth-order valence-corrected chi connectivity index (χ4v) is 4.27. The maximum Gasteiger partial charge on any atom is 0.308 e. The fourth-order valence-electron chi connectivity index (χ4n) is 4.27. The molecule has 1 unspecified atom stereocenters. The van der Waals surface area contributed by atoms with Gasteiger partial charge in [-0.1, -0.05) is 12.1 Å². The van der Waals surface area contributed by atoms with Gasteiger partial charge in [0.2, 0.25) is 6.79 Å². The Morgan fingerprint density at radius 3 is 2.44 bits per heavy atom. The van der Waals surface area contributed by atoms with Crippen molar-refractivity contribution in [1.82, 2.24) is 0 Å². The van der Waals surface area contributed by atoms with Gasteiger partial charge in [-0.3, -0.25) is 19.3 Å². The third-order valence-corrected chi connectivity index (χ3v) is 5.88. The van der Waals surface area contributed by atoms with Crippen molar-refractivity contribution >= 4 is 29.1 Å². The second-order valence-corrected chi connectivity index (χ2v) is 8.10. The van der Waals surface area contributed by atoms with Crippen molar-refractivity contribution < 1.29 is 38.4 Å². The minimum absolute atomic E-state index is 0.0460. The number of aliphatic hydroxyl groups is 1. The van der Waals surface area contributed by atoms with Crippen molar-refractivity contribution in [2.24, 2.45) is 0 Å². The molecule has 1 N–H and O–H groups in total. The average molecular weight is 487 g/mol. The van der Waals surface area contributed by atoms with E-state index in [0.29, 0.717) is 28.5 Å². The smallest absolute Gasteiger partial charge is 0.308 e. The molecule has 5 rings (SSSR count). The second-order valence-electron chi connectivity index (χ2n) is 8.10. The molecule has 0 aromatic heterocycles. The molecule has 0 aliphatic carbocycles. The summed E-state index contributed by atoms with van der Waals surface area (Å²) >= 11 is 0. The van der Waals surface area contributed by atoms with E-state index in [2.05, 4.69) is 0 Å². The molecule has 182 valence electrons. The molecule has 2 aliphatic heterocycles. The number of esters is 1. The molecule has 9 heteroatoms. The highest BCUT2D eigenvalue weighted by molar-refractivity contribution is 6.51. The van der Waals surface area contributed by atoms with Crippen molar-refractivity contribution in [3.8, 4) is 23.0 Å². The summed E-state index contributed by atoms with van der Waals surface area (Å²) in [6.45, 7) is 1.32. The molecule has 0 radical (unpaired) electrons. The number of rotatable bonds is 5. The predicted molar refractivity (Wildman–Crippen MR) is 128 cm³/mol. The number of Topliss-reactive ketones (excluding diaryl/α,β-unsaturated/α-hetero) is 1. The number of nitrogens with zero attached hydrogens (tertiary/aromatic N) is 1. The van der Waals surface area contributed by atoms with Crippen LogP contribution in [0.5, 0.6) is 23.0 Å². The predicted octanol–water partition coefficient (Wildman–Crippen LogP) is 3.98. The molecular weight excluding hydrogens is 466 g/mol. The molecule has 0 saturated carbocycles. The lowest BCUT2D eigenvalue weighted by atomic mass is 9.95. The number of aliphatic hydroxyl groups excluding tert-OH is 1. The first-order chi connectivity index (χ1) is 17.4. The normalized spacial score (nSPS) is 17.8. The van der Waals surface area contributed by atoms with Gasteiger partial charge in [0, 0.05) is 18.2 Å². The van der Waals surface area contributed by atoms with Crippen LogP contribution in [0.4, 0.5) is 5.69 Å². The van der Waals surface area contributed by atoms with Crippen LogP contribution < -0.4 is 23.8 Å². The molecule has 9 nitrogen and oxygen atoms in total. The van der Waals surface area contributed by atoms with Crippen molar-refractivity contribution in [1.29, 1.82) is 0 Å². The van der Waals surface area contributed by atoms with E-state index in [1.54, 1.807) is 66.7 Å². The van der Waals surface area contributed by atoms with Gasteiger partial charge >= 0.3 is 5.97 Å². The number of carbonyl (C=O) groups excluding carboxylic acids is 3. The van der Waals surface area contributed by atoms with Crippen LogP contribution >= 0.6 is 0 Å². The van der Waals surface area contributed by atoms with Gasteiger partial charge in [-0.25, -0.2) is 0 Å². The summed E-state index contributed by atoms with van der Waals surface area (Å²) < 4.78 is 21.1. The summed E-state index contributed by atoms with van der Waals surface area (Å²) in [6, 6.07) is 16.8. The largest absolute Gasteiger partial charge is 0.507 e. The number of anilines is 1. The lowest BCUT2D eigenvalue weighted by Crippen LogP contribution is -2.29. The summed E-state index contributed by atoms with van der Waals surface area (Å²) in [5.41, 5.74) is 1.05. The zero-order chi connectivity index (χ0) is 25.4. The zero-order valence-corrected chi connectivity index (χ0v) is 19.4. The maximum absolute atomic E-state index is 13.3. The number of ketones is 1. The Morgan fingerprint density at radius 2 is 1.72 bits per heavy atom. The van der Waals surface area contributed by atoms with E-state index >= 15 is 0 Å². The molecule has 3 aromatic rings. The number of ether oxygens (including phenoxy) is 4. The Morgan fingerprint density at radius 1 is 0.972 bits per heavy atom. The van der Waals surface area contributed by atoms with Crippen LogP contribution in [0.2, 0.25) is 0 Å². The number of fused-ring (bicyclic) bond motifs is 1. The number of amides is 1. The molecule has 2 aliphatic rings. The van der Waals surface area contributed by atoms with E-state index in [9.17, 15) is 19.5 Å². The van der Waals surface area contributed by atoms with Gasteiger partial charge < -0.3 is 24.1 Å². The molecule has 1 saturated heterocycles. The lowest BCUT2D eigenvalue weighted by Gasteiger charge is -2.26. The van der Waals surface area contributed by atoms with Gasteiger partial charge in [0.1, 0.15) is 17.3 Å². The Balaban J connectivity index is 1.68. The highest BCUT2D eigenvalue weighted by Crippen LogP contribution is 2.44. The molecular formula is C27H21NO8. The van der Waals surface area contributed by atoms with E-state index in [0.717, 1.165) is 0 Å². The van der Waals surface area contributed by atoms with E-state index < -0.39 is 23.7 Å². The Hall–Kier alpha value is -4.79. The number of carbonyl (C=O) groups is 3. The average Bonchev–Trinajstić information content (AvgIpc) is 3.45.